The number of para-hydroxylation sites is 1. The molecule has 0 aliphatic carbocycles. The van der Waals surface area contributed by atoms with E-state index in [-0.39, 0.29) is 12.3 Å². The summed E-state index contributed by atoms with van der Waals surface area (Å²) in [5.74, 6) is -1.69. The van der Waals surface area contributed by atoms with E-state index < -0.39 is 37.6 Å². The molecule has 184 valence electrons. The summed E-state index contributed by atoms with van der Waals surface area (Å²) in [5.41, 5.74) is 0.153. The quantitative estimate of drug-likeness (QED) is 0.291. The normalized spacial score (nSPS) is 12.4. The maximum atomic E-state index is 13.1. The molecule has 0 spiro atoms. The van der Waals surface area contributed by atoms with Crippen molar-refractivity contribution in [2.45, 2.75) is 58.0 Å². The minimum absolute atomic E-state index is 0.0689. The molecule has 7 nitrogen and oxygen atoms in total. The third-order valence-corrected chi connectivity index (χ3v) is 6.44. The average molecular weight is 486 g/mol. The molecule has 0 bridgehead atoms. The molecule has 1 N–H and O–H groups in total. The van der Waals surface area contributed by atoms with Crippen molar-refractivity contribution in [3.63, 3.8) is 0 Å². The zero-order valence-corrected chi connectivity index (χ0v) is 21.8. The molecule has 0 radical (unpaired) electrons. The molecule has 2 aromatic carbocycles. The first kappa shape index (κ1) is 27.1. The third kappa shape index (κ3) is 9.39. The Morgan fingerprint density at radius 1 is 0.941 bits per heavy atom. The van der Waals surface area contributed by atoms with Gasteiger partial charge in [-0.2, -0.15) is 0 Å². The van der Waals surface area contributed by atoms with Crippen LogP contribution in [0.15, 0.2) is 54.6 Å². The van der Waals surface area contributed by atoms with Gasteiger partial charge in [-0.05, 0) is 45.0 Å². The number of nitrogens with one attached hydrogen (secondary N) is 1. The Hall–Kier alpha value is -3.13. The van der Waals surface area contributed by atoms with Crippen LogP contribution in [0.1, 0.15) is 42.6 Å². The van der Waals surface area contributed by atoms with Gasteiger partial charge in [0.2, 0.25) is 0 Å². The number of amides is 1. The van der Waals surface area contributed by atoms with Crippen molar-refractivity contribution in [2.75, 3.05) is 13.2 Å². The first-order valence-corrected chi connectivity index (χ1v) is 15.1. The highest BCUT2D eigenvalue weighted by molar-refractivity contribution is 6.76. The van der Waals surface area contributed by atoms with Gasteiger partial charge in [0.25, 0.3) is 0 Å². The molecule has 8 heteroatoms. The highest BCUT2D eigenvalue weighted by atomic mass is 28.3. The summed E-state index contributed by atoms with van der Waals surface area (Å²) >= 11 is 0. The van der Waals surface area contributed by atoms with Crippen molar-refractivity contribution < 1.29 is 28.6 Å². The van der Waals surface area contributed by atoms with Gasteiger partial charge in [-0.25, -0.2) is 9.59 Å². The van der Waals surface area contributed by atoms with E-state index in [9.17, 15) is 14.4 Å². The standard InChI is InChI=1S/C26H35NO6Si/c1-26(2,3)33-25(30)27-18-21(24(29)31-16-17-34(4,5)6)20-14-10-11-15-22(20)32-23(28)19-12-8-7-9-13-19/h7-15,21H,16-18H2,1-6H3,(H,27,30). The van der Waals surface area contributed by atoms with E-state index in [1.165, 1.54) is 0 Å². The molecule has 0 aromatic heterocycles. The van der Waals surface area contributed by atoms with Gasteiger partial charge in [-0.1, -0.05) is 56.0 Å². The summed E-state index contributed by atoms with van der Waals surface area (Å²) in [7, 11) is -1.41. The van der Waals surface area contributed by atoms with Crippen LogP contribution in [0.5, 0.6) is 5.75 Å². The predicted octanol–water partition coefficient (Wildman–Crippen LogP) is 5.40. The number of hydrogen-bond donors (Lipinski definition) is 1. The number of hydrogen-bond acceptors (Lipinski definition) is 6. The smallest absolute Gasteiger partial charge is 0.407 e. The van der Waals surface area contributed by atoms with Gasteiger partial charge in [0.1, 0.15) is 17.3 Å². The lowest BCUT2D eigenvalue weighted by Gasteiger charge is -2.23. The maximum absolute atomic E-state index is 13.1. The lowest BCUT2D eigenvalue weighted by molar-refractivity contribution is -0.144. The van der Waals surface area contributed by atoms with Crippen LogP contribution in [0.2, 0.25) is 25.7 Å². The average Bonchev–Trinajstić information content (AvgIpc) is 2.73. The Morgan fingerprint density at radius 3 is 2.18 bits per heavy atom. The first-order valence-electron chi connectivity index (χ1n) is 11.4. The molecule has 0 saturated heterocycles. The number of esters is 2. The van der Waals surface area contributed by atoms with Gasteiger partial charge in [-0.15, -0.1) is 0 Å². The summed E-state index contributed by atoms with van der Waals surface area (Å²) in [4.78, 5) is 38.0. The van der Waals surface area contributed by atoms with E-state index >= 15 is 0 Å². The van der Waals surface area contributed by atoms with E-state index in [1.807, 2.05) is 0 Å². The zero-order valence-electron chi connectivity index (χ0n) is 20.8. The number of carbonyl (C=O) groups is 3. The fourth-order valence-corrected chi connectivity index (χ4v) is 3.69. The van der Waals surface area contributed by atoms with E-state index in [0.717, 1.165) is 6.04 Å². The van der Waals surface area contributed by atoms with Crippen molar-refractivity contribution in [2.24, 2.45) is 0 Å². The van der Waals surface area contributed by atoms with Gasteiger partial charge in [-0.3, -0.25) is 4.79 Å². The highest BCUT2D eigenvalue weighted by Crippen LogP contribution is 2.29. The van der Waals surface area contributed by atoms with Crippen molar-refractivity contribution in [3.8, 4) is 5.75 Å². The number of ether oxygens (including phenoxy) is 3. The van der Waals surface area contributed by atoms with Gasteiger partial charge < -0.3 is 19.5 Å². The molecule has 2 aromatic rings. The van der Waals surface area contributed by atoms with Crippen LogP contribution in [0.3, 0.4) is 0 Å². The van der Waals surface area contributed by atoms with Crippen LogP contribution in [0.25, 0.3) is 0 Å². The monoisotopic (exact) mass is 485 g/mol. The molecule has 0 aliphatic rings. The number of benzene rings is 2. The third-order valence-electron chi connectivity index (χ3n) is 4.74. The Kier molecular flexibility index (Phi) is 9.43. The van der Waals surface area contributed by atoms with Crippen LogP contribution in [0.4, 0.5) is 4.79 Å². The SMILES string of the molecule is CC(C)(C)OC(=O)NCC(C(=O)OCC[Si](C)(C)C)c1ccccc1OC(=O)c1ccccc1. The summed E-state index contributed by atoms with van der Waals surface area (Å²) in [6.45, 7) is 12.1. The Bertz CT molecular complexity index is 979. The topological polar surface area (TPSA) is 90.9 Å². The molecule has 34 heavy (non-hydrogen) atoms. The van der Waals surface area contributed by atoms with Gasteiger partial charge in [0, 0.05) is 20.2 Å². The summed E-state index contributed by atoms with van der Waals surface area (Å²) < 4.78 is 16.5. The molecular weight excluding hydrogens is 450 g/mol. The Balaban J connectivity index is 2.25. The van der Waals surface area contributed by atoms with Crippen LogP contribution < -0.4 is 10.1 Å². The zero-order chi connectivity index (χ0) is 25.4. The van der Waals surface area contributed by atoms with E-state index in [0.29, 0.717) is 17.7 Å². The Labute approximate surface area is 202 Å². The van der Waals surface area contributed by atoms with Gasteiger partial charge >= 0.3 is 18.0 Å². The molecular formula is C26H35NO6Si. The first-order chi connectivity index (χ1) is 15.9. The van der Waals surface area contributed by atoms with Crippen molar-refractivity contribution in [1.29, 1.82) is 0 Å². The molecule has 2 rings (SSSR count). The largest absolute Gasteiger partial charge is 0.465 e. The van der Waals surface area contributed by atoms with Crippen LogP contribution in [0, 0.1) is 0 Å². The summed E-state index contributed by atoms with van der Waals surface area (Å²) in [6.07, 6.45) is -0.647. The van der Waals surface area contributed by atoms with Crippen LogP contribution >= 0.6 is 0 Å². The van der Waals surface area contributed by atoms with E-state index in [1.54, 1.807) is 75.4 Å². The molecule has 1 unspecified atom stereocenters. The minimum Gasteiger partial charge on any atom is -0.465 e. The lowest BCUT2D eigenvalue weighted by atomic mass is 9.98. The van der Waals surface area contributed by atoms with E-state index in [4.69, 9.17) is 14.2 Å². The lowest BCUT2D eigenvalue weighted by Crippen LogP contribution is -2.37. The minimum atomic E-state index is -1.41. The van der Waals surface area contributed by atoms with Crippen molar-refractivity contribution in [1.82, 2.24) is 5.32 Å². The van der Waals surface area contributed by atoms with E-state index in [2.05, 4.69) is 25.0 Å². The Morgan fingerprint density at radius 2 is 1.56 bits per heavy atom. The fraction of sp³-hybridized carbons (Fsp3) is 0.423. The maximum Gasteiger partial charge on any atom is 0.407 e. The second-order valence-corrected chi connectivity index (χ2v) is 15.8. The highest BCUT2D eigenvalue weighted by Gasteiger charge is 2.28. The second-order valence-electron chi connectivity index (χ2n) is 10.2. The van der Waals surface area contributed by atoms with Crippen LogP contribution in [-0.2, 0) is 14.3 Å². The fourth-order valence-electron chi connectivity index (χ4n) is 2.97. The molecule has 0 aliphatic heterocycles. The molecule has 0 saturated carbocycles. The second kappa shape index (κ2) is 11.8. The number of carbonyl (C=O) groups excluding carboxylic acids is 3. The van der Waals surface area contributed by atoms with Gasteiger partial charge in [0.15, 0.2) is 0 Å². The molecule has 0 fully saturated rings. The van der Waals surface area contributed by atoms with Crippen molar-refractivity contribution >= 4 is 26.1 Å². The number of alkyl carbamates (subject to hydrolysis) is 1. The molecule has 1 amide bonds. The predicted molar refractivity (Wildman–Crippen MR) is 134 cm³/mol. The van der Waals surface area contributed by atoms with Gasteiger partial charge in [0.05, 0.1) is 12.2 Å². The number of rotatable bonds is 9. The summed E-state index contributed by atoms with van der Waals surface area (Å²) in [6, 6.07) is 16.2. The summed E-state index contributed by atoms with van der Waals surface area (Å²) in [5, 5.41) is 2.64. The molecule has 0 heterocycles. The molecule has 1 atom stereocenters. The van der Waals surface area contributed by atoms with Crippen molar-refractivity contribution in [3.05, 3.63) is 65.7 Å². The van der Waals surface area contributed by atoms with Crippen LogP contribution in [-0.4, -0.2) is 44.9 Å².